The Morgan fingerprint density at radius 3 is 2.64 bits per heavy atom. The third-order valence-electron chi connectivity index (χ3n) is 5.94. The Kier molecular flexibility index (Phi) is 5.31. The SMILES string of the molecule is CC(c1nc(-c2ccccc2)no1)N1CCN(C(=O)c2n[nH]c3ccc([N+](=O)[O-])cc23)CC1. The molecule has 4 aromatic rings. The van der Waals surface area contributed by atoms with Gasteiger partial charge in [0.05, 0.1) is 16.5 Å². The van der Waals surface area contributed by atoms with E-state index in [9.17, 15) is 14.9 Å². The molecule has 1 atom stereocenters. The molecule has 0 saturated carbocycles. The predicted molar refractivity (Wildman–Crippen MR) is 118 cm³/mol. The van der Waals surface area contributed by atoms with E-state index in [1.807, 2.05) is 37.3 Å². The van der Waals surface area contributed by atoms with Crippen molar-refractivity contribution in [2.75, 3.05) is 26.2 Å². The fourth-order valence-corrected chi connectivity index (χ4v) is 4.01. The molecule has 3 heterocycles. The van der Waals surface area contributed by atoms with Crippen LogP contribution in [0.2, 0.25) is 0 Å². The Hall–Kier alpha value is -4.12. The van der Waals surface area contributed by atoms with Crippen LogP contribution >= 0.6 is 0 Å². The van der Waals surface area contributed by atoms with Crippen molar-refractivity contribution in [2.45, 2.75) is 13.0 Å². The molecule has 11 nitrogen and oxygen atoms in total. The number of non-ortho nitro benzene ring substituents is 1. The number of aromatic amines is 1. The highest BCUT2D eigenvalue weighted by molar-refractivity contribution is 6.05. The molecule has 0 aliphatic carbocycles. The van der Waals surface area contributed by atoms with E-state index in [0.717, 1.165) is 5.56 Å². The van der Waals surface area contributed by atoms with Crippen molar-refractivity contribution in [1.29, 1.82) is 0 Å². The van der Waals surface area contributed by atoms with E-state index < -0.39 is 4.92 Å². The molecular formula is C22H21N7O4. The smallest absolute Gasteiger partial charge is 0.275 e. The molecule has 1 N–H and O–H groups in total. The van der Waals surface area contributed by atoms with Gasteiger partial charge >= 0.3 is 0 Å². The van der Waals surface area contributed by atoms with Crippen molar-refractivity contribution < 1.29 is 14.2 Å². The lowest BCUT2D eigenvalue weighted by molar-refractivity contribution is -0.384. The van der Waals surface area contributed by atoms with Gasteiger partial charge in [-0.1, -0.05) is 35.5 Å². The van der Waals surface area contributed by atoms with E-state index in [4.69, 9.17) is 4.52 Å². The van der Waals surface area contributed by atoms with Crippen LogP contribution in [0.1, 0.15) is 29.3 Å². The summed E-state index contributed by atoms with van der Waals surface area (Å²) in [6.07, 6.45) is 0. The van der Waals surface area contributed by atoms with Gasteiger partial charge in [-0.15, -0.1) is 0 Å². The average molecular weight is 447 g/mol. The zero-order valence-corrected chi connectivity index (χ0v) is 17.8. The first-order valence-corrected chi connectivity index (χ1v) is 10.6. The van der Waals surface area contributed by atoms with Crippen LogP contribution in [-0.2, 0) is 0 Å². The summed E-state index contributed by atoms with van der Waals surface area (Å²) >= 11 is 0. The standard InChI is InChI=1S/C22H21N7O4/c1-14(21-23-20(26-33-21)15-5-3-2-4-6-15)27-9-11-28(12-10-27)22(30)19-17-13-16(29(31)32)7-8-18(17)24-25-19/h2-8,13-14H,9-12H2,1H3,(H,24,25). The Labute approximate surface area is 188 Å². The number of piperazine rings is 1. The minimum Gasteiger partial charge on any atom is -0.337 e. The number of fused-ring (bicyclic) bond motifs is 1. The van der Waals surface area contributed by atoms with Crippen LogP contribution in [0.3, 0.4) is 0 Å². The fraction of sp³-hybridized carbons (Fsp3) is 0.273. The minimum atomic E-state index is -0.485. The number of nitrogens with one attached hydrogen (secondary N) is 1. The first-order valence-electron chi connectivity index (χ1n) is 10.6. The number of aromatic nitrogens is 4. The largest absolute Gasteiger partial charge is 0.337 e. The maximum Gasteiger partial charge on any atom is 0.275 e. The number of nitro groups is 1. The summed E-state index contributed by atoms with van der Waals surface area (Å²) in [5.41, 5.74) is 1.59. The second kappa shape index (κ2) is 8.43. The lowest BCUT2D eigenvalue weighted by Gasteiger charge is -2.36. The molecule has 1 fully saturated rings. The first kappa shape index (κ1) is 20.8. The van der Waals surface area contributed by atoms with Gasteiger partial charge in [-0.3, -0.25) is 24.9 Å². The van der Waals surface area contributed by atoms with Crippen molar-refractivity contribution in [1.82, 2.24) is 30.1 Å². The van der Waals surface area contributed by atoms with Crippen LogP contribution in [0.25, 0.3) is 22.3 Å². The average Bonchev–Trinajstić information content (AvgIpc) is 3.51. The number of H-pyrrole nitrogens is 1. The zero-order valence-electron chi connectivity index (χ0n) is 17.8. The topological polar surface area (TPSA) is 134 Å². The Morgan fingerprint density at radius 2 is 1.91 bits per heavy atom. The molecule has 2 aromatic carbocycles. The van der Waals surface area contributed by atoms with E-state index in [-0.39, 0.29) is 23.3 Å². The van der Waals surface area contributed by atoms with Crippen LogP contribution in [0.4, 0.5) is 5.69 Å². The van der Waals surface area contributed by atoms with Gasteiger partial charge in [-0.25, -0.2) is 0 Å². The highest BCUT2D eigenvalue weighted by atomic mass is 16.6. The molecule has 1 aliphatic rings. The number of carbonyl (C=O) groups is 1. The van der Waals surface area contributed by atoms with Crippen LogP contribution < -0.4 is 0 Å². The minimum absolute atomic E-state index is 0.0778. The molecule has 2 aromatic heterocycles. The van der Waals surface area contributed by atoms with Crippen LogP contribution in [0.15, 0.2) is 53.1 Å². The van der Waals surface area contributed by atoms with E-state index >= 15 is 0 Å². The van der Waals surface area contributed by atoms with Gasteiger partial charge < -0.3 is 9.42 Å². The summed E-state index contributed by atoms with van der Waals surface area (Å²) in [4.78, 5) is 32.1. The number of hydrogen-bond donors (Lipinski definition) is 1. The summed E-state index contributed by atoms with van der Waals surface area (Å²) in [7, 11) is 0. The molecule has 168 valence electrons. The first-order chi connectivity index (χ1) is 16.0. The Balaban J connectivity index is 1.26. The van der Waals surface area contributed by atoms with Crippen LogP contribution in [-0.4, -0.2) is 67.1 Å². The lowest BCUT2D eigenvalue weighted by atomic mass is 10.1. The second-order valence-electron chi connectivity index (χ2n) is 7.89. The van der Waals surface area contributed by atoms with Crippen molar-refractivity contribution in [2.24, 2.45) is 0 Å². The summed E-state index contributed by atoms with van der Waals surface area (Å²) in [5.74, 6) is 0.822. The molecule has 0 bridgehead atoms. The van der Waals surface area contributed by atoms with E-state index in [0.29, 0.717) is 48.8 Å². The van der Waals surface area contributed by atoms with Gasteiger partial charge in [0.2, 0.25) is 11.7 Å². The zero-order chi connectivity index (χ0) is 22.9. The summed E-state index contributed by atoms with van der Waals surface area (Å²) < 4.78 is 5.49. The number of benzene rings is 2. The van der Waals surface area contributed by atoms with Gasteiger partial charge in [0, 0.05) is 49.3 Å². The highest BCUT2D eigenvalue weighted by Gasteiger charge is 2.30. The maximum absolute atomic E-state index is 13.1. The summed E-state index contributed by atoms with van der Waals surface area (Å²) in [6, 6.07) is 13.9. The van der Waals surface area contributed by atoms with Crippen LogP contribution in [0, 0.1) is 10.1 Å². The lowest BCUT2D eigenvalue weighted by Crippen LogP contribution is -2.49. The quantitative estimate of drug-likeness (QED) is 0.364. The summed E-state index contributed by atoms with van der Waals surface area (Å²) in [6.45, 7) is 4.23. The van der Waals surface area contributed by atoms with E-state index in [1.165, 1.54) is 12.1 Å². The third-order valence-corrected chi connectivity index (χ3v) is 5.94. The van der Waals surface area contributed by atoms with Gasteiger partial charge in [-0.2, -0.15) is 10.1 Å². The number of rotatable bonds is 5. The van der Waals surface area contributed by atoms with Gasteiger partial charge in [0.15, 0.2) is 5.69 Å². The molecule has 0 spiro atoms. The summed E-state index contributed by atoms with van der Waals surface area (Å²) in [5, 5.41) is 22.5. The number of amides is 1. The second-order valence-corrected chi connectivity index (χ2v) is 7.89. The van der Waals surface area contributed by atoms with Crippen molar-refractivity contribution in [3.05, 3.63) is 70.2 Å². The van der Waals surface area contributed by atoms with Gasteiger partial charge in [-0.05, 0) is 13.0 Å². The molecule has 1 saturated heterocycles. The van der Waals surface area contributed by atoms with Gasteiger partial charge in [0.25, 0.3) is 11.6 Å². The Bertz CT molecular complexity index is 1310. The molecule has 33 heavy (non-hydrogen) atoms. The highest BCUT2D eigenvalue weighted by Crippen LogP contribution is 2.26. The molecule has 1 unspecified atom stereocenters. The normalized spacial score (nSPS) is 15.6. The molecule has 11 heteroatoms. The van der Waals surface area contributed by atoms with E-state index in [1.54, 1.807) is 11.0 Å². The fourth-order valence-electron chi connectivity index (χ4n) is 4.01. The monoisotopic (exact) mass is 447 g/mol. The van der Waals surface area contributed by atoms with Gasteiger partial charge in [0.1, 0.15) is 0 Å². The molecular weight excluding hydrogens is 426 g/mol. The molecule has 0 radical (unpaired) electrons. The number of carbonyl (C=O) groups excluding carboxylic acids is 1. The third kappa shape index (κ3) is 3.94. The Morgan fingerprint density at radius 1 is 1.15 bits per heavy atom. The number of nitro benzene ring substituents is 1. The van der Waals surface area contributed by atoms with Crippen molar-refractivity contribution in [3.8, 4) is 11.4 Å². The van der Waals surface area contributed by atoms with Crippen molar-refractivity contribution in [3.63, 3.8) is 0 Å². The number of nitrogens with zero attached hydrogens (tertiary/aromatic N) is 6. The van der Waals surface area contributed by atoms with E-state index in [2.05, 4.69) is 25.2 Å². The maximum atomic E-state index is 13.1. The molecule has 5 rings (SSSR count). The molecule has 1 aliphatic heterocycles. The van der Waals surface area contributed by atoms with Crippen LogP contribution in [0.5, 0.6) is 0 Å². The predicted octanol–water partition coefficient (Wildman–Crippen LogP) is 3.04. The number of hydrogen-bond acceptors (Lipinski definition) is 8. The molecule has 1 amide bonds. The van der Waals surface area contributed by atoms with Crippen molar-refractivity contribution >= 4 is 22.5 Å².